The van der Waals surface area contributed by atoms with E-state index in [1.807, 2.05) is 18.2 Å². The Morgan fingerprint density at radius 2 is 1.96 bits per heavy atom. The first-order valence-electron chi connectivity index (χ1n) is 8.21. The lowest BCUT2D eigenvalue weighted by atomic mass is 10.1. The Morgan fingerprint density at radius 1 is 1.19 bits per heavy atom. The number of aromatic nitrogens is 2. The second-order valence-corrected chi connectivity index (χ2v) is 6.65. The summed E-state index contributed by atoms with van der Waals surface area (Å²) < 4.78 is 18.4. The van der Waals surface area contributed by atoms with Crippen LogP contribution in [0.15, 0.2) is 53.1 Å². The molecule has 1 aromatic heterocycles. The van der Waals surface area contributed by atoms with Crippen LogP contribution in [0.25, 0.3) is 11.4 Å². The van der Waals surface area contributed by atoms with Crippen molar-refractivity contribution in [3.63, 3.8) is 0 Å². The molecule has 1 atom stereocenters. The zero-order valence-electron chi connectivity index (χ0n) is 13.7. The molecule has 1 aliphatic heterocycles. The summed E-state index contributed by atoms with van der Waals surface area (Å²) in [5.74, 6) is 0.394. The van der Waals surface area contributed by atoms with Gasteiger partial charge in [-0.15, -0.1) is 0 Å². The number of hydrogen-bond acceptors (Lipinski definition) is 4. The van der Waals surface area contributed by atoms with Crippen molar-refractivity contribution >= 4 is 17.5 Å². The van der Waals surface area contributed by atoms with Gasteiger partial charge < -0.3 is 9.42 Å². The van der Waals surface area contributed by atoms with Gasteiger partial charge in [-0.2, -0.15) is 4.98 Å². The number of rotatable bonds is 4. The molecule has 0 N–H and O–H groups in total. The van der Waals surface area contributed by atoms with E-state index in [4.69, 9.17) is 16.1 Å². The van der Waals surface area contributed by atoms with E-state index in [1.165, 1.54) is 12.1 Å². The highest BCUT2D eigenvalue weighted by molar-refractivity contribution is 6.33. The third-order valence-corrected chi connectivity index (χ3v) is 4.74. The normalized spacial score (nSPS) is 17.1. The van der Waals surface area contributed by atoms with E-state index in [-0.39, 0.29) is 17.6 Å². The molecule has 2 aromatic carbocycles. The molecule has 3 aromatic rings. The van der Waals surface area contributed by atoms with Gasteiger partial charge in [0.2, 0.25) is 17.6 Å². The molecule has 7 heteroatoms. The highest BCUT2D eigenvalue weighted by Gasteiger charge is 2.34. The topological polar surface area (TPSA) is 59.2 Å². The number of carbonyl (C=O) groups is 1. The second-order valence-electron chi connectivity index (χ2n) is 6.24. The first kappa shape index (κ1) is 16.7. The number of carbonyl (C=O) groups excluding carboxylic acids is 1. The molecule has 0 aliphatic carbocycles. The molecule has 0 spiro atoms. The number of likely N-dealkylation sites (tertiary alicyclic amines) is 1. The van der Waals surface area contributed by atoms with Crippen LogP contribution < -0.4 is 0 Å². The first-order chi connectivity index (χ1) is 12.6. The largest absolute Gasteiger partial charge is 0.339 e. The van der Waals surface area contributed by atoms with Gasteiger partial charge in [0.05, 0.1) is 10.9 Å². The van der Waals surface area contributed by atoms with E-state index < -0.39 is 0 Å². The Bertz CT molecular complexity index is 942. The minimum absolute atomic E-state index is 0.0109. The Hall–Kier alpha value is -2.73. The van der Waals surface area contributed by atoms with Crippen LogP contribution in [0, 0.1) is 5.82 Å². The number of amides is 1. The van der Waals surface area contributed by atoms with E-state index in [0.29, 0.717) is 41.8 Å². The van der Waals surface area contributed by atoms with Gasteiger partial charge in [0, 0.05) is 25.1 Å². The summed E-state index contributed by atoms with van der Waals surface area (Å²) >= 11 is 6.16. The van der Waals surface area contributed by atoms with Crippen molar-refractivity contribution in [3.8, 4) is 11.4 Å². The Kier molecular flexibility index (Phi) is 4.42. The summed E-state index contributed by atoms with van der Waals surface area (Å²) in [5, 5.41) is 4.54. The van der Waals surface area contributed by atoms with Crippen molar-refractivity contribution in [2.75, 3.05) is 6.54 Å². The van der Waals surface area contributed by atoms with Crippen LogP contribution in [0.1, 0.15) is 23.8 Å². The number of nitrogens with zero attached hydrogens (tertiary/aromatic N) is 3. The van der Waals surface area contributed by atoms with Crippen molar-refractivity contribution in [2.45, 2.75) is 18.9 Å². The van der Waals surface area contributed by atoms with Crippen LogP contribution in [-0.4, -0.2) is 27.5 Å². The molecule has 5 nitrogen and oxygen atoms in total. The van der Waals surface area contributed by atoms with Crippen LogP contribution in [0.4, 0.5) is 4.39 Å². The standard InChI is InChI=1S/C19H15ClFN3O2/c20-16-4-2-1-3-15(16)18-22-19(26-23-18)13-9-17(25)24(11-13)10-12-5-7-14(21)8-6-12/h1-8,13H,9-11H2. The summed E-state index contributed by atoms with van der Waals surface area (Å²) in [6, 6.07) is 13.4. The highest BCUT2D eigenvalue weighted by atomic mass is 35.5. The fourth-order valence-corrected chi connectivity index (χ4v) is 3.27. The summed E-state index contributed by atoms with van der Waals surface area (Å²) in [6.07, 6.45) is 0.311. The van der Waals surface area contributed by atoms with Gasteiger partial charge in [0.1, 0.15) is 5.82 Å². The van der Waals surface area contributed by atoms with Gasteiger partial charge in [-0.3, -0.25) is 4.79 Å². The third kappa shape index (κ3) is 3.32. The number of benzene rings is 2. The fraction of sp³-hybridized carbons (Fsp3) is 0.211. The average Bonchev–Trinajstić information content (AvgIpc) is 3.25. The molecule has 4 rings (SSSR count). The van der Waals surface area contributed by atoms with Crippen molar-refractivity contribution in [3.05, 3.63) is 70.8 Å². The van der Waals surface area contributed by atoms with Crippen LogP contribution in [0.3, 0.4) is 0 Å². The van der Waals surface area contributed by atoms with E-state index in [0.717, 1.165) is 5.56 Å². The summed E-state index contributed by atoms with van der Waals surface area (Å²) in [5.41, 5.74) is 1.57. The minimum Gasteiger partial charge on any atom is -0.339 e. The average molecular weight is 372 g/mol. The molecule has 1 saturated heterocycles. The number of halogens is 2. The predicted octanol–water partition coefficient (Wildman–Crippen LogP) is 4.05. The SMILES string of the molecule is O=C1CC(c2nc(-c3ccccc3Cl)no2)CN1Cc1ccc(F)cc1. The van der Waals surface area contributed by atoms with E-state index in [1.54, 1.807) is 23.1 Å². The molecule has 0 bridgehead atoms. The van der Waals surface area contributed by atoms with Crippen LogP contribution in [-0.2, 0) is 11.3 Å². The van der Waals surface area contributed by atoms with Crippen molar-refractivity contribution < 1.29 is 13.7 Å². The monoisotopic (exact) mass is 371 g/mol. The van der Waals surface area contributed by atoms with Crippen LogP contribution in [0.2, 0.25) is 5.02 Å². The van der Waals surface area contributed by atoms with Crippen molar-refractivity contribution in [1.29, 1.82) is 0 Å². The summed E-state index contributed by atoms with van der Waals surface area (Å²) in [7, 11) is 0. The molecule has 2 heterocycles. The summed E-state index contributed by atoms with van der Waals surface area (Å²) in [6.45, 7) is 0.918. The predicted molar refractivity (Wildman–Crippen MR) is 93.9 cm³/mol. The maximum Gasteiger partial charge on any atom is 0.232 e. The lowest BCUT2D eigenvalue weighted by molar-refractivity contribution is -0.128. The smallest absolute Gasteiger partial charge is 0.232 e. The molecular formula is C19H15ClFN3O2. The zero-order chi connectivity index (χ0) is 18.1. The fourth-order valence-electron chi connectivity index (χ4n) is 3.05. The van der Waals surface area contributed by atoms with Crippen LogP contribution >= 0.6 is 11.6 Å². The van der Waals surface area contributed by atoms with Gasteiger partial charge in [-0.1, -0.05) is 41.0 Å². The molecule has 0 saturated carbocycles. The van der Waals surface area contributed by atoms with Crippen molar-refractivity contribution in [2.24, 2.45) is 0 Å². The Morgan fingerprint density at radius 3 is 2.73 bits per heavy atom. The van der Waals surface area contributed by atoms with Gasteiger partial charge in [0.15, 0.2) is 0 Å². The minimum atomic E-state index is -0.294. The molecule has 1 unspecified atom stereocenters. The summed E-state index contributed by atoms with van der Waals surface area (Å²) in [4.78, 5) is 18.4. The Labute approximate surface area is 154 Å². The molecular weight excluding hydrogens is 357 g/mol. The quantitative estimate of drug-likeness (QED) is 0.694. The number of hydrogen-bond donors (Lipinski definition) is 0. The van der Waals surface area contributed by atoms with Gasteiger partial charge in [0.25, 0.3) is 0 Å². The Balaban J connectivity index is 1.49. The highest BCUT2D eigenvalue weighted by Crippen LogP contribution is 2.31. The van der Waals surface area contributed by atoms with E-state index in [9.17, 15) is 9.18 Å². The zero-order valence-corrected chi connectivity index (χ0v) is 14.5. The lowest BCUT2D eigenvalue weighted by Gasteiger charge is -2.15. The molecule has 1 fully saturated rings. The van der Waals surface area contributed by atoms with E-state index >= 15 is 0 Å². The molecule has 26 heavy (non-hydrogen) atoms. The van der Waals surface area contributed by atoms with Gasteiger partial charge in [-0.25, -0.2) is 4.39 Å². The molecule has 0 radical (unpaired) electrons. The maximum absolute atomic E-state index is 13.0. The van der Waals surface area contributed by atoms with Gasteiger partial charge >= 0.3 is 0 Å². The van der Waals surface area contributed by atoms with Crippen molar-refractivity contribution in [1.82, 2.24) is 15.0 Å². The molecule has 1 amide bonds. The first-order valence-corrected chi connectivity index (χ1v) is 8.58. The molecule has 1 aliphatic rings. The lowest BCUT2D eigenvalue weighted by Crippen LogP contribution is -2.24. The molecule has 132 valence electrons. The van der Waals surface area contributed by atoms with Crippen LogP contribution in [0.5, 0.6) is 0 Å². The van der Waals surface area contributed by atoms with Gasteiger partial charge in [-0.05, 0) is 29.8 Å². The third-order valence-electron chi connectivity index (χ3n) is 4.41. The maximum atomic E-state index is 13.0. The second kappa shape index (κ2) is 6.88. The van der Waals surface area contributed by atoms with E-state index in [2.05, 4.69) is 10.1 Å².